The normalized spacial score (nSPS) is 10.3. The number of aromatic nitrogens is 1. The number of rotatable bonds is 3. The van der Waals surface area contributed by atoms with Gasteiger partial charge in [-0.15, -0.1) is 0 Å². The molecule has 0 aliphatic carbocycles. The van der Waals surface area contributed by atoms with Crippen molar-refractivity contribution in [1.82, 2.24) is 4.57 Å². The Labute approximate surface area is 102 Å². The van der Waals surface area contributed by atoms with Crippen LogP contribution in [0.5, 0.6) is 0 Å². The van der Waals surface area contributed by atoms with Crippen molar-refractivity contribution in [2.24, 2.45) is 5.73 Å². The number of halogens is 1. The van der Waals surface area contributed by atoms with Crippen LogP contribution in [0.2, 0.25) is 0 Å². The minimum atomic E-state index is -0.756. The van der Waals surface area contributed by atoms with Crippen molar-refractivity contribution in [1.29, 1.82) is 0 Å². The van der Waals surface area contributed by atoms with E-state index in [0.717, 1.165) is 5.56 Å². The SMILES string of the molecule is NC(=O)c1cccn(Cc2ccc(F)cc2)c1=O. The highest BCUT2D eigenvalue weighted by Crippen LogP contribution is 2.04. The minimum Gasteiger partial charge on any atom is -0.365 e. The molecule has 18 heavy (non-hydrogen) atoms. The van der Waals surface area contributed by atoms with Crippen LogP contribution in [0.15, 0.2) is 47.4 Å². The van der Waals surface area contributed by atoms with E-state index in [1.807, 2.05) is 0 Å². The minimum absolute atomic E-state index is 0.0559. The molecule has 1 aromatic carbocycles. The lowest BCUT2D eigenvalue weighted by Gasteiger charge is -2.06. The Bertz CT molecular complexity index is 632. The van der Waals surface area contributed by atoms with Gasteiger partial charge >= 0.3 is 0 Å². The summed E-state index contributed by atoms with van der Waals surface area (Å²) < 4.78 is 14.1. The van der Waals surface area contributed by atoms with Gasteiger partial charge in [0.1, 0.15) is 11.4 Å². The summed E-state index contributed by atoms with van der Waals surface area (Å²) in [6, 6.07) is 8.75. The van der Waals surface area contributed by atoms with E-state index in [9.17, 15) is 14.0 Å². The summed E-state index contributed by atoms with van der Waals surface area (Å²) in [6.07, 6.45) is 1.55. The topological polar surface area (TPSA) is 65.1 Å². The molecule has 0 aliphatic heterocycles. The van der Waals surface area contributed by atoms with Crippen molar-refractivity contribution in [3.8, 4) is 0 Å². The second kappa shape index (κ2) is 4.83. The van der Waals surface area contributed by atoms with E-state index in [1.54, 1.807) is 24.4 Å². The third-order valence-electron chi connectivity index (χ3n) is 2.55. The Morgan fingerprint density at radius 3 is 2.50 bits per heavy atom. The predicted molar refractivity (Wildman–Crippen MR) is 64.7 cm³/mol. The molecule has 2 rings (SSSR count). The zero-order chi connectivity index (χ0) is 13.1. The maximum Gasteiger partial charge on any atom is 0.263 e. The zero-order valence-electron chi connectivity index (χ0n) is 9.47. The molecular formula is C13H11FN2O2. The van der Waals surface area contributed by atoms with E-state index in [2.05, 4.69) is 0 Å². The van der Waals surface area contributed by atoms with Crippen molar-refractivity contribution in [3.05, 3.63) is 69.9 Å². The highest BCUT2D eigenvalue weighted by Gasteiger charge is 2.08. The summed E-state index contributed by atoms with van der Waals surface area (Å²) in [7, 11) is 0. The van der Waals surface area contributed by atoms with Crippen molar-refractivity contribution in [3.63, 3.8) is 0 Å². The number of primary amides is 1. The van der Waals surface area contributed by atoms with Crippen LogP contribution in [0, 0.1) is 5.82 Å². The number of hydrogen-bond donors (Lipinski definition) is 1. The number of carbonyl (C=O) groups is 1. The zero-order valence-corrected chi connectivity index (χ0v) is 9.47. The highest BCUT2D eigenvalue weighted by atomic mass is 19.1. The van der Waals surface area contributed by atoms with Gasteiger partial charge in [-0.2, -0.15) is 0 Å². The van der Waals surface area contributed by atoms with Gasteiger partial charge in [-0.05, 0) is 29.8 Å². The summed E-state index contributed by atoms with van der Waals surface area (Å²) in [5.74, 6) is -1.09. The van der Waals surface area contributed by atoms with Crippen LogP contribution >= 0.6 is 0 Å². The molecule has 4 nitrogen and oxygen atoms in total. The molecule has 0 atom stereocenters. The van der Waals surface area contributed by atoms with Gasteiger partial charge in [-0.25, -0.2) is 4.39 Å². The molecule has 0 fully saturated rings. The molecule has 2 N–H and O–H groups in total. The summed E-state index contributed by atoms with van der Waals surface area (Å²) in [6.45, 7) is 0.264. The number of nitrogens with zero attached hydrogens (tertiary/aromatic N) is 1. The first kappa shape index (κ1) is 12.0. The van der Waals surface area contributed by atoms with Crippen molar-refractivity contribution in [2.75, 3.05) is 0 Å². The molecule has 2 aromatic rings. The summed E-state index contributed by atoms with van der Waals surface area (Å²) in [4.78, 5) is 22.9. The average molecular weight is 246 g/mol. The molecule has 0 radical (unpaired) electrons. The van der Waals surface area contributed by atoms with Crippen LogP contribution in [-0.4, -0.2) is 10.5 Å². The first-order valence-electron chi connectivity index (χ1n) is 5.31. The van der Waals surface area contributed by atoms with Gasteiger partial charge in [0.15, 0.2) is 0 Å². The van der Waals surface area contributed by atoms with Gasteiger partial charge < -0.3 is 10.3 Å². The van der Waals surface area contributed by atoms with Crippen molar-refractivity contribution in [2.45, 2.75) is 6.54 Å². The lowest BCUT2D eigenvalue weighted by atomic mass is 10.2. The Balaban J connectivity index is 2.35. The molecule has 1 amide bonds. The van der Waals surface area contributed by atoms with Crippen LogP contribution in [0.1, 0.15) is 15.9 Å². The number of hydrogen-bond acceptors (Lipinski definition) is 2. The van der Waals surface area contributed by atoms with E-state index in [-0.39, 0.29) is 17.9 Å². The van der Waals surface area contributed by atoms with Gasteiger partial charge in [0.2, 0.25) is 0 Å². The second-order valence-corrected chi connectivity index (χ2v) is 3.85. The summed E-state index contributed by atoms with van der Waals surface area (Å²) in [5.41, 5.74) is 5.35. The van der Waals surface area contributed by atoms with Crippen LogP contribution in [0.3, 0.4) is 0 Å². The average Bonchev–Trinajstić information content (AvgIpc) is 2.34. The van der Waals surface area contributed by atoms with Crippen molar-refractivity contribution >= 4 is 5.91 Å². The smallest absolute Gasteiger partial charge is 0.263 e. The van der Waals surface area contributed by atoms with Crippen LogP contribution in [0.25, 0.3) is 0 Å². The first-order valence-corrected chi connectivity index (χ1v) is 5.31. The first-order chi connectivity index (χ1) is 8.58. The third kappa shape index (κ3) is 2.45. The fourth-order valence-corrected chi connectivity index (χ4v) is 1.64. The van der Waals surface area contributed by atoms with Crippen molar-refractivity contribution < 1.29 is 9.18 Å². The number of nitrogens with two attached hydrogens (primary N) is 1. The molecule has 0 unspecified atom stereocenters. The Morgan fingerprint density at radius 1 is 1.22 bits per heavy atom. The molecule has 5 heteroatoms. The number of pyridine rings is 1. The van der Waals surface area contributed by atoms with Crippen LogP contribution in [-0.2, 0) is 6.54 Å². The lowest BCUT2D eigenvalue weighted by molar-refractivity contribution is 0.0998. The van der Waals surface area contributed by atoms with E-state index in [1.165, 1.54) is 22.8 Å². The molecule has 1 heterocycles. The largest absolute Gasteiger partial charge is 0.365 e. The van der Waals surface area contributed by atoms with E-state index >= 15 is 0 Å². The maximum absolute atomic E-state index is 12.7. The van der Waals surface area contributed by atoms with Gasteiger partial charge in [-0.3, -0.25) is 9.59 Å². The predicted octanol–water partition coefficient (Wildman–Crippen LogP) is 1.13. The Hall–Kier alpha value is -2.43. The molecular weight excluding hydrogens is 235 g/mol. The fraction of sp³-hybridized carbons (Fsp3) is 0.0769. The molecule has 1 aromatic heterocycles. The molecule has 0 saturated heterocycles. The molecule has 0 saturated carbocycles. The number of benzene rings is 1. The number of amides is 1. The van der Waals surface area contributed by atoms with E-state index in [0.29, 0.717) is 0 Å². The monoisotopic (exact) mass is 246 g/mol. The molecule has 0 aliphatic rings. The van der Waals surface area contributed by atoms with E-state index < -0.39 is 11.5 Å². The molecule has 92 valence electrons. The van der Waals surface area contributed by atoms with E-state index in [4.69, 9.17) is 5.73 Å². The molecule has 0 spiro atoms. The summed E-state index contributed by atoms with van der Waals surface area (Å²) in [5, 5.41) is 0. The van der Waals surface area contributed by atoms with Gasteiger partial charge in [-0.1, -0.05) is 12.1 Å². The van der Waals surface area contributed by atoms with Gasteiger partial charge in [0.05, 0.1) is 6.54 Å². The number of carbonyl (C=O) groups excluding carboxylic acids is 1. The Morgan fingerprint density at radius 2 is 1.89 bits per heavy atom. The van der Waals surface area contributed by atoms with Crippen LogP contribution < -0.4 is 11.3 Å². The summed E-state index contributed by atoms with van der Waals surface area (Å²) >= 11 is 0. The standard InChI is InChI=1S/C13H11FN2O2/c14-10-5-3-9(4-6-10)8-16-7-1-2-11(12(15)17)13(16)18/h1-7H,8H2,(H2,15,17). The quantitative estimate of drug-likeness (QED) is 0.882. The third-order valence-corrected chi connectivity index (χ3v) is 2.55. The molecule has 0 bridgehead atoms. The lowest BCUT2D eigenvalue weighted by Crippen LogP contribution is -2.29. The second-order valence-electron chi connectivity index (χ2n) is 3.85. The fourth-order valence-electron chi connectivity index (χ4n) is 1.64. The highest BCUT2D eigenvalue weighted by molar-refractivity contribution is 5.92. The Kier molecular flexibility index (Phi) is 3.23. The van der Waals surface area contributed by atoms with Gasteiger partial charge in [0, 0.05) is 6.20 Å². The maximum atomic E-state index is 12.7. The van der Waals surface area contributed by atoms with Crippen LogP contribution in [0.4, 0.5) is 4.39 Å². The van der Waals surface area contributed by atoms with Gasteiger partial charge in [0.25, 0.3) is 11.5 Å².